The minimum atomic E-state index is 0.622. The molecule has 0 radical (unpaired) electrons. The largest absolute Gasteiger partial charge is 0.208 e. The summed E-state index contributed by atoms with van der Waals surface area (Å²) in [7, 11) is 0. The van der Waals surface area contributed by atoms with Crippen LogP contribution in [0.4, 0.5) is 0 Å². The van der Waals surface area contributed by atoms with Crippen molar-refractivity contribution in [1.29, 1.82) is 0 Å². The van der Waals surface area contributed by atoms with Crippen molar-refractivity contribution in [2.24, 2.45) is 0 Å². The number of hydrogen-bond donors (Lipinski definition) is 0. The molecule has 60 heavy (non-hydrogen) atoms. The second kappa shape index (κ2) is 16.5. The highest BCUT2D eigenvalue weighted by Gasteiger charge is 2.25. The first kappa shape index (κ1) is 36.3. The third-order valence-corrected chi connectivity index (χ3v) is 10.9. The van der Waals surface area contributed by atoms with Crippen LogP contribution in [0.5, 0.6) is 0 Å². The fraction of sp³-hybridized carbons (Fsp3) is 0. The van der Waals surface area contributed by atoms with Crippen molar-refractivity contribution in [3.05, 3.63) is 237 Å². The number of aromatic nitrogens is 3. The number of nitrogens with zero attached hydrogens (tertiary/aromatic N) is 3. The normalized spacial score (nSPS) is 11.0. The van der Waals surface area contributed by atoms with Gasteiger partial charge in [-0.3, -0.25) is 0 Å². The molecule has 0 amide bonds. The van der Waals surface area contributed by atoms with Gasteiger partial charge in [-0.25, -0.2) is 15.0 Å². The fourth-order valence-electron chi connectivity index (χ4n) is 8.18. The zero-order valence-electron chi connectivity index (χ0n) is 32.9. The van der Waals surface area contributed by atoms with Gasteiger partial charge in [-0.15, -0.1) is 0 Å². The zero-order chi connectivity index (χ0) is 40.1. The van der Waals surface area contributed by atoms with E-state index in [2.05, 4.69) is 176 Å². The lowest BCUT2D eigenvalue weighted by Gasteiger charge is -2.25. The van der Waals surface area contributed by atoms with Crippen LogP contribution in [0.2, 0.25) is 0 Å². The minimum Gasteiger partial charge on any atom is -0.208 e. The molecule has 3 nitrogen and oxygen atoms in total. The summed E-state index contributed by atoms with van der Waals surface area (Å²) in [5.41, 5.74) is 16.6. The molecule has 10 rings (SSSR count). The molecule has 1 heterocycles. The molecule has 0 aliphatic carbocycles. The molecular weight excluding hydrogens is 727 g/mol. The molecule has 0 fully saturated rings. The molecule has 10 aromatic rings. The van der Waals surface area contributed by atoms with Crippen molar-refractivity contribution < 1.29 is 0 Å². The van der Waals surface area contributed by atoms with Crippen LogP contribution < -0.4 is 0 Å². The molecule has 0 unspecified atom stereocenters. The van der Waals surface area contributed by atoms with Crippen LogP contribution in [0.25, 0.3) is 101 Å². The van der Waals surface area contributed by atoms with Crippen LogP contribution in [-0.4, -0.2) is 15.0 Å². The first-order valence-corrected chi connectivity index (χ1v) is 20.3. The summed E-state index contributed by atoms with van der Waals surface area (Å²) in [6, 6.07) is 83.4. The van der Waals surface area contributed by atoms with Crippen molar-refractivity contribution in [3.8, 4) is 101 Å². The molecule has 3 heteroatoms. The van der Waals surface area contributed by atoms with E-state index in [1.54, 1.807) is 0 Å². The van der Waals surface area contributed by atoms with Crippen LogP contribution in [0.15, 0.2) is 237 Å². The van der Waals surface area contributed by atoms with Gasteiger partial charge in [0.05, 0.1) is 0 Å². The lowest BCUT2D eigenvalue weighted by Crippen LogP contribution is -2.00. The molecule has 0 saturated heterocycles. The summed E-state index contributed by atoms with van der Waals surface area (Å²) < 4.78 is 0. The Balaban J connectivity index is 1.23. The summed E-state index contributed by atoms with van der Waals surface area (Å²) >= 11 is 0. The van der Waals surface area contributed by atoms with Gasteiger partial charge >= 0.3 is 0 Å². The molecular formula is C57H39N3. The smallest absolute Gasteiger partial charge is 0.164 e. The third-order valence-electron chi connectivity index (χ3n) is 10.9. The SMILES string of the molecule is c1ccc(-c2nc(-c3ccccc3)nc(-c3cccc(-c4ccccc4-c4cc(-c5ccccc5)c(-c5ccccc5)c(-c5ccccc5)c4-c4ccccc4)c3)n2)cc1. The predicted octanol–water partition coefficient (Wildman–Crippen LogP) is 14.9. The van der Waals surface area contributed by atoms with Gasteiger partial charge in [0.2, 0.25) is 0 Å². The van der Waals surface area contributed by atoms with Crippen molar-refractivity contribution in [2.45, 2.75) is 0 Å². The molecule has 0 aliphatic rings. The molecule has 1 aromatic heterocycles. The first-order chi connectivity index (χ1) is 29.8. The summed E-state index contributed by atoms with van der Waals surface area (Å²) in [6.07, 6.45) is 0. The fourth-order valence-corrected chi connectivity index (χ4v) is 8.18. The topological polar surface area (TPSA) is 38.7 Å². The van der Waals surface area contributed by atoms with Crippen molar-refractivity contribution >= 4 is 0 Å². The number of benzene rings is 9. The quantitative estimate of drug-likeness (QED) is 0.147. The Bertz CT molecular complexity index is 2980. The number of rotatable bonds is 9. The predicted molar refractivity (Wildman–Crippen MR) is 249 cm³/mol. The van der Waals surface area contributed by atoms with Gasteiger partial charge in [-0.05, 0) is 78.9 Å². The van der Waals surface area contributed by atoms with E-state index < -0.39 is 0 Å². The molecule has 0 spiro atoms. The molecule has 0 aliphatic heterocycles. The van der Waals surface area contributed by atoms with Gasteiger partial charge < -0.3 is 0 Å². The Labute approximate surface area is 351 Å². The van der Waals surface area contributed by atoms with Gasteiger partial charge in [-0.1, -0.05) is 224 Å². The van der Waals surface area contributed by atoms with Gasteiger partial charge in [-0.2, -0.15) is 0 Å². The van der Waals surface area contributed by atoms with Crippen LogP contribution in [0, 0.1) is 0 Å². The maximum Gasteiger partial charge on any atom is 0.164 e. The second-order valence-corrected chi connectivity index (χ2v) is 14.7. The second-order valence-electron chi connectivity index (χ2n) is 14.7. The monoisotopic (exact) mass is 765 g/mol. The Morgan fingerprint density at radius 2 is 0.517 bits per heavy atom. The number of hydrogen-bond acceptors (Lipinski definition) is 3. The zero-order valence-corrected chi connectivity index (χ0v) is 32.9. The Morgan fingerprint density at radius 3 is 1.00 bits per heavy atom. The van der Waals surface area contributed by atoms with E-state index in [-0.39, 0.29) is 0 Å². The van der Waals surface area contributed by atoms with E-state index >= 15 is 0 Å². The Morgan fingerprint density at radius 1 is 0.183 bits per heavy atom. The molecule has 0 N–H and O–H groups in total. The van der Waals surface area contributed by atoms with Gasteiger partial charge in [0, 0.05) is 16.7 Å². The van der Waals surface area contributed by atoms with E-state index in [1.165, 1.54) is 27.8 Å². The highest BCUT2D eigenvalue weighted by Crippen LogP contribution is 2.51. The van der Waals surface area contributed by atoms with E-state index in [0.717, 1.165) is 55.6 Å². The Kier molecular flexibility index (Phi) is 9.97. The third kappa shape index (κ3) is 7.21. The first-order valence-electron chi connectivity index (χ1n) is 20.3. The highest BCUT2D eigenvalue weighted by atomic mass is 15.0. The van der Waals surface area contributed by atoms with Crippen LogP contribution >= 0.6 is 0 Å². The molecule has 282 valence electrons. The van der Waals surface area contributed by atoms with Crippen molar-refractivity contribution in [3.63, 3.8) is 0 Å². The van der Waals surface area contributed by atoms with Crippen LogP contribution in [0.1, 0.15) is 0 Å². The van der Waals surface area contributed by atoms with Crippen LogP contribution in [0.3, 0.4) is 0 Å². The maximum absolute atomic E-state index is 5.08. The van der Waals surface area contributed by atoms with Crippen LogP contribution in [-0.2, 0) is 0 Å². The average molecular weight is 766 g/mol. The lowest BCUT2D eigenvalue weighted by atomic mass is 9.78. The van der Waals surface area contributed by atoms with Crippen molar-refractivity contribution in [2.75, 3.05) is 0 Å². The van der Waals surface area contributed by atoms with E-state index in [0.29, 0.717) is 17.5 Å². The summed E-state index contributed by atoms with van der Waals surface area (Å²) in [5, 5.41) is 0. The van der Waals surface area contributed by atoms with E-state index in [9.17, 15) is 0 Å². The van der Waals surface area contributed by atoms with Gasteiger partial charge in [0.25, 0.3) is 0 Å². The standard InChI is InChI=1S/C57H39N3/c1-7-22-40(23-8-1)50-39-51(53(42-26-11-3-12-27-42)54(43-28-13-4-14-29-43)52(50)41-24-9-2-10-25-41)49-37-20-19-36-48(49)46-34-21-35-47(38-46)57-59-55(44-30-15-5-16-31-44)58-56(60-57)45-32-17-6-18-33-45/h1-39H. The summed E-state index contributed by atoms with van der Waals surface area (Å²) in [5.74, 6) is 1.90. The minimum absolute atomic E-state index is 0.622. The average Bonchev–Trinajstić information content (AvgIpc) is 3.35. The molecule has 0 atom stereocenters. The lowest BCUT2D eigenvalue weighted by molar-refractivity contribution is 1.07. The summed E-state index contributed by atoms with van der Waals surface area (Å²) in [6.45, 7) is 0. The van der Waals surface area contributed by atoms with Gasteiger partial charge in [0.15, 0.2) is 17.5 Å². The van der Waals surface area contributed by atoms with Gasteiger partial charge in [0.1, 0.15) is 0 Å². The highest BCUT2D eigenvalue weighted by molar-refractivity contribution is 6.08. The van der Waals surface area contributed by atoms with Crippen molar-refractivity contribution in [1.82, 2.24) is 15.0 Å². The molecule has 0 bridgehead atoms. The summed E-state index contributed by atoms with van der Waals surface area (Å²) in [4.78, 5) is 15.1. The molecule has 9 aromatic carbocycles. The maximum atomic E-state index is 5.08. The Hall–Kier alpha value is -8.01. The van der Waals surface area contributed by atoms with E-state index in [1.807, 2.05) is 60.7 Å². The molecule has 0 saturated carbocycles. The van der Waals surface area contributed by atoms with E-state index in [4.69, 9.17) is 15.0 Å².